The molecule has 1 aromatic carbocycles. The Bertz CT molecular complexity index is 991. The molecule has 2 aromatic heterocycles. The lowest BCUT2D eigenvalue weighted by atomic mass is 10.1. The molecule has 7 nitrogen and oxygen atoms in total. The molecule has 3 heterocycles. The third-order valence-corrected chi connectivity index (χ3v) is 5.91. The van der Waals surface area contributed by atoms with Gasteiger partial charge in [0.05, 0.1) is 14.2 Å². The van der Waals surface area contributed by atoms with E-state index in [9.17, 15) is 4.79 Å². The van der Waals surface area contributed by atoms with Gasteiger partial charge >= 0.3 is 0 Å². The minimum absolute atomic E-state index is 0.286. The van der Waals surface area contributed by atoms with Crippen molar-refractivity contribution < 1.29 is 14.3 Å². The molecule has 0 bridgehead atoms. The molecule has 1 amide bonds. The molecule has 8 heteroatoms. The molecule has 0 saturated carbocycles. The molecule has 4 rings (SSSR count). The van der Waals surface area contributed by atoms with Crippen molar-refractivity contribution >= 4 is 28.7 Å². The number of nitrogens with one attached hydrogen (secondary N) is 1. The van der Waals surface area contributed by atoms with E-state index >= 15 is 0 Å². The first-order valence-corrected chi connectivity index (χ1v) is 10.8. The van der Waals surface area contributed by atoms with Crippen LogP contribution in [-0.2, 0) is 0 Å². The fraction of sp³-hybridized carbons (Fsp3) is 0.318. The average molecular weight is 425 g/mol. The molecule has 0 atom stereocenters. The predicted octanol–water partition coefficient (Wildman–Crippen LogP) is 4.46. The van der Waals surface area contributed by atoms with Crippen LogP contribution in [0.4, 0.5) is 11.5 Å². The van der Waals surface area contributed by atoms with E-state index in [0.29, 0.717) is 22.9 Å². The van der Waals surface area contributed by atoms with Crippen LogP contribution in [0.15, 0.2) is 41.9 Å². The molecule has 156 valence electrons. The lowest BCUT2D eigenvalue weighted by Crippen LogP contribution is -2.29. The second kappa shape index (κ2) is 9.13. The molecule has 1 fully saturated rings. The van der Waals surface area contributed by atoms with Gasteiger partial charge in [0, 0.05) is 54.1 Å². The third kappa shape index (κ3) is 4.54. The van der Waals surface area contributed by atoms with Crippen LogP contribution in [0.1, 0.15) is 29.8 Å². The number of thiazole rings is 1. The van der Waals surface area contributed by atoms with Crippen molar-refractivity contribution in [1.82, 2.24) is 9.97 Å². The summed E-state index contributed by atoms with van der Waals surface area (Å²) in [5.74, 6) is 1.91. The van der Waals surface area contributed by atoms with Gasteiger partial charge in [0.15, 0.2) is 0 Å². The van der Waals surface area contributed by atoms with Crippen LogP contribution in [-0.4, -0.2) is 43.2 Å². The fourth-order valence-corrected chi connectivity index (χ4v) is 4.20. The first-order valence-electron chi connectivity index (χ1n) is 9.87. The number of benzene rings is 1. The Morgan fingerprint density at radius 1 is 1.07 bits per heavy atom. The Kier molecular flexibility index (Phi) is 6.13. The Morgan fingerprint density at radius 3 is 2.43 bits per heavy atom. The molecule has 1 saturated heterocycles. The van der Waals surface area contributed by atoms with Crippen LogP contribution in [0.3, 0.4) is 0 Å². The van der Waals surface area contributed by atoms with E-state index in [1.54, 1.807) is 37.8 Å². The quantitative estimate of drug-likeness (QED) is 0.629. The third-order valence-electron chi connectivity index (χ3n) is 5.02. The maximum absolute atomic E-state index is 12.6. The number of rotatable bonds is 6. The van der Waals surface area contributed by atoms with Gasteiger partial charge < -0.3 is 19.7 Å². The highest BCUT2D eigenvalue weighted by atomic mass is 32.1. The van der Waals surface area contributed by atoms with Crippen molar-refractivity contribution in [2.24, 2.45) is 0 Å². The summed E-state index contributed by atoms with van der Waals surface area (Å²) in [6.45, 7) is 2.12. The summed E-state index contributed by atoms with van der Waals surface area (Å²) >= 11 is 1.42. The number of aromatic nitrogens is 2. The summed E-state index contributed by atoms with van der Waals surface area (Å²) in [6.07, 6.45) is 5.56. The first kappa shape index (κ1) is 20.2. The minimum atomic E-state index is -0.286. The summed E-state index contributed by atoms with van der Waals surface area (Å²) < 4.78 is 10.5. The first-order chi connectivity index (χ1) is 14.7. The molecule has 0 aliphatic carbocycles. The van der Waals surface area contributed by atoms with E-state index in [1.807, 2.05) is 18.3 Å². The minimum Gasteiger partial charge on any atom is -0.497 e. The molecule has 3 aromatic rings. The highest BCUT2D eigenvalue weighted by Crippen LogP contribution is 2.28. The molecule has 1 aliphatic rings. The van der Waals surface area contributed by atoms with Crippen molar-refractivity contribution in [1.29, 1.82) is 0 Å². The lowest BCUT2D eigenvalue weighted by molar-refractivity contribution is 0.102. The van der Waals surface area contributed by atoms with Crippen LogP contribution in [0.25, 0.3) is 10.6 Å². The Morgan fingerprint density at radius 2 is 1.80 bits per heavy atom. The molecular weight excluding hydrogens is 400 g/mol. The van der Waals surface area contributed by atoms with Gasteiger partial charge in [-0.2, -0.15) is 0 Å². The molecule has 0 unspecified atom stereocenters. The van der Waals surface area contributed by atoms with Gasteiger partial charge in [0.25, 0.3) is 5.91 Å². The zero-order valence-corrected chi connectivity index (χ0v) is 17.9. The van der Waals surface area contributed by atoms with E-state index in [1.165, 1.54) is 30.6 Å². The van der Waals surface area contributed by atoms with Gasteiger partial charge in [0.1, 0.15) is 28.0 Å². The van der Waals surface area contributed by atoms with Crippen molar-refractivity contribution in [3.63, 3.8) is 0 Å². The van der Waals surface area contributed by atoms with Crippen molar-refractivity contribution in [3.05, 3.63) is 47.6 Å². The fourth-order valence-electron chi connectivity index (χ4n) is 3.41. The maximum Gasteiger partial charge on any atom is 0.275 e. The Labute approximate surface area is 179 Å². The normalized spacial score (nSPS) is 13.7. The molecule has 1 N–H and O–H groups in total. The van der Waals surface area contributed by atoms with Gasteiger partial charge in [-0.1, -0.05) is 0 Å². The van der Waals surface area contributed by atoms with Gasteiger partial charge in [-0.05, 0) is 31.4 Å². The van der Waals surface area contributed by atoms with Gasteiger partial charge in [-0.15, -0.1) is 11.3 Å². The number of nitrogens with zero attached hydrogens (tertiary/aromatic N) is 3. The number of piperidine rings is 1. The number of amides is 1. The Hall–Kier alpha value is -3.13. The number of hydrogen-bond donors (Lipinski definition) is 1. The van der Waals surface area contributed by atoms with E-state index < -0.39 is 0 Å². The van der Waals surface area contributed by atoms with Gasteiger partial charge in [0.2, 0.25) is 0 Å². The van der Waals surface area contributed by atoms with Gasteiger partial charge in [-0.25, -0.2) is 9.97 Å². The lowest BCUT2D eigenvalue weighted by Gasteiger charge is -2.27. The molecule has 30 heavy (non-hydrogen) atoms. The van der Waals surface area contributed by atoms with Crippen molar-refractivity contribution in [2.75, 3.05) is 37.5 Å². The number of methoxy groups -OCH3 is 2. The molecule has 0 radical (unpaired) electrons. The molecule has 1 aliphatic heterocycles. The summed E-state index contributed by atoms with van der Waals surface area (Å²) in [5.41, 5.74) is 1.85. The molecule has 0 spiro atoms. The van der Waals surface area contributed by atoms with Crippen molar-refractivity contribution in [3.8, 4) is 22.1 Å². The highest BCUT2D eigenvalue weighted by molar-refractivity contribution is 7.13. The van der Waals surface area contributed by atoms with E-state index in [4.69, 9.17) is 9.47 Å². The second-order valence-corrected chi connectivity index (χ2v) is 7.90. The van der Waals surface area contributed by atoms with Crippen LogP contribution in [0.5, 0.6) is 11.5 Å². The second-order valence-electron chi connectivity index (χ2n) is 7.05. The van der Waals surface area contributed by atoms with Crippen LogP contribution >= 0.6 is 11.3 Å². The number of carbonyl (C=O) groups is 1. The zero-order valence-electron chi connectivity index (χ0n) is 17.1. The summed E-state index contributed by atoms with van der Waals surface area (Å²) in [7, 11) is 3.13. The van der Waals surface area contributed by atoms with E-state index in [0.717, 1.165) is 29.5 Å². The number of carbonyl (C=O) groups excluding carboxylic acids is 1. The smallest absolute Gasteiger partial charge is 0.275 e. The maximum atomic E-state index is 12.6. The van der Waals surface area contributed by atoms with Crippen LogP contribution < -0.4 is 19.7 Å². The Balaban J connectivity index is 1.46. The number of pyridine rings is 1. The standard InChI is InChI=1S/C22H24N4O3S/c1-28-17-10-16(11-18(12-17)29-2)24-21(27)19-14-30-22(25-19)15-6-7-20(23-13-15)26-8-4-3-5-9-26/h6-7,10-14H,3-5,8-9H2,1-2H3,(H,24,27). The summed E-state index contributed by atoms with van der Waals surface area (Å²) in [6, 6.07) is 9.26. The summed E-state index contributed by atoms with van der Waals surface area (Å²) in [5, 5.41) is 5.36. The average Bonchev–Trinajstić information content (AvgIpc) is 3.30. The van der Waals surface area contributed by atoms with Crippen LogP contribution in [0.2, 0.25) is 0 Å². The van der Waals surface area contributed by atoms with E-state index in [-0.39, 0.29) is 5.91 Å². The highest BCUT2D eigenvalue weighted by Gasteiger charge is 2.15. The largest absolute Gasteiger partial charge is 0.497 e. The number of ether oxygens (including phenoxy) is 2. The SMILES string of the molecule is COc1cc(NC(=O)c2csc(-c3ccc(N4CCCCC4)nc3)n2)cc(OC)c1. The predicted molar refractivity (Wildman–Crippen MR) is 119 cm³/mol. The van der Waals surface area contributed by atoms with Crippen LogP contribution in [0, 0.1) is 0 Å². The summed E-state index contributed by atoms with van der Waals surface area (Å²) in [4.78, 5) is 24.1. The number of anilines is 2. The van der Waals surface area contributed by atoms with E-state index in [2.05, 4.69) is 20.2 Å². The van der Waals surface area contributed by atoms with Gasteiger partial charge in [-0.3, -0.25) is 4.79 Å². The zero-order chi connectivity index (χ0) is 20.9. The monoisotopic (exact) mass is 424 g/mol. The number of hydrogen-bond acceptors (Lipinski definition) is 7. The molecular formula is C22H24N4O3S. The van der Waals surface area contributed by atoms with Crippen molar-refractivity contribution in [2.45, 2.75) is 19.3 Å². The topological polar surface area (TPSA) is 76.6 Å².